The van der Waals surface area contributed by atoms with E-state index in [0.29, 0.717) is 0 Å². The second kappa shape index (κ2) is 38.6. The molecule has 0 bridgehead atoms. The maximum absolute atomic E-state index is 2.67. The molecule has 0 aromatic rings. The van der Waals surface area contributed by atoms with Crippen LogP contribution in [0.1, 0.15) is 231 Å². The van der Waals surface area contributed by atoms with Crippen molar-refractivity contribution in [2.45, 2.75) is 306 Å². The third-order valence-electron chi connectivity index (χ3n) is 13.4. The molecular formula is C53H118Si3. The lowest BCUT2D eigenvalue weighted by Crippen LogP contribution is -2.32. The third-order valence-corrected chi connectivity index (χ3v) is 23.5. The highest BCUT2D eigenvalue weighted by Crippen LogP contribution is 2.42. The summed E-state index contributed by atoms with van der Waals surface area (Å²) in [5.41, 5.74) is 0. The molecule has 0 N–H and O–H groups in total. The number of hydrogen-bond donors (Lipinski definition) is 0. The quantitative estimate of drug-likeness (QED) is 0.172. The first-order valence-electron chi connectivity index (χ1n) is 27.0. The van der Waals surface area contributed by atoms with Crippen LogP contribution in [0.15, 0.2) is 0 Å². The van der Waals surface area contributed by atoms with E-state index in [-0.39, 0.29) is 0 Å². The van der Waals surface area contributed by atoms with Crippen molar-refractivity contribution in [3.05, 3.63) is 0 Å². The second-order valence-electron chi connectivity index (χ2n) is 20.3. The Labute approximate surface area is 364 Å². The van der Waals surface area contributed by atoms with Gasteiger partial charge in [-0.25, -0.2) is 0 Å². The molecular weight excluding hydrogens is 721 g/mol. The molecule has 0 nitrogen and oxygen atoms in total. The van der Waals surface area contributed by atoms with Crippen molar-refractivity contribution < 1.29 is 0 Å². The molecule has 0 atom stereocenters. The van der Waals surface area contributed by atoms with E-state index in [0.717, 1.165) is 29.6 Å². The first-order valence-corrected chi connectivity index (χ1v) is 37.2. The summed E-state index contributed by atoms with van der Waals surface area (Å²) in [5.74, 6) is 6.83. The van der Waals surface area contributed by atoms with Crippen LogP contribution in [-0.4, -0.2) is 24.2 Å². The molecule has 6 aliphatic rings. The van der Waals surface area contributed by atoms with Gasteiger partial charge >= 0.3 is 0 Å². The summed E-state index contributed by atoms with van der Waals surface area (Å²) in [6.45, 7) is 39.9. The number of hydrogen-bond acceptors (Lipinski definition) is 0. The molecule has 56 heavy (non-hydrogen) atoms. The van der Waals surface area contributed by atoms with Crippen molar-refractivity contribution in [1.82, 2.24) is 0 Å². The summed E-state index contributed by atoms with van der Waals surface area (Å²) < 4.78 is 0. The molecule has 0 radical (unpaired) electrons. The van der Waals surface area contributed by atoms with Gasteiger partial charge in [0.05, 0.1) is 0 Å². The van der Waals surface area contributed by atoms with Crippen molar-refractivity contribution in [2.24, 2.45) is 35.5 Å². The average molecular weight is 840 g/mol. The van der Waals surface area contributed by atoms with Crippen LogP contribution in [-0.2, 0) is 0 Å². The van der Waals surface area contributed by atoms with E-state index >= 15 is 0 Å². The van der Waals surface area contributed by atoms with Crippen molar-refractivity contribution in [1.29, 1.82) is 0 Å². The van der Waals surface area contributed by atoms with Gasteiger partial charge in [0, 0.05) is 24.2 Å². The molecule has 0 spiro atoms. The average Bonchev–Trinajstić information content (AvgIpc) is 3.58. The Hall–Kier alpha value is 0.651. The van der Waals surface area contributed by atoms with Crippen LogP contribution in [0.5, 0.6) is 0 Å². The summed E-state index contributed by atoms with van der Waals surface area (Å²) in [6.07, 6.45) is 35.4. The summed E-state index contributed by atoms with van der Waals surface area (Å²) in [7, 11) is -2.45. The van der Waals surface area contributed by atoms with Crippen molar-refractivity contribution in [2.75, 3.05) is 0 Å². The van der Waals surface area contributed by atoms with Crippen molar-refractivity contribution >= 4 is 24.2 Å². The van der Waals surface area contributed by atoms with Crippen molar-refractivity contribution in [3.63, 3.8) is 0 Å². The fraction of sp³-hybridized carbons (Fsp3) is 1.00. The summed E-state index contributed by atoms with van der Waals surface area (Å²) in [4.78, 5) is 0. The van der Waals surface area contributed by atoms with E-state index in [4.69, 9.17) is 0 Å². The van der Waals surface area contributed by atoms with E-state index in [9.17, 15) is 0 Å². The van der Waals surface area contributed by atoms with Crippen LogP contribution >= 0.6 is 0 Å². The molecule has 0 aliphatic heterocycles. The first-order chi connectivity index (χ1) is 27.0. The van der Waals surface area contributed by atoms with Gasteiger partial charge in [-0.05, 0) is 35.5 Å². The minimum atomic E-state index is -0.856. The van der Waals surface area contributed by atoms with E-state index in [2.05, 4.69) is 39.3 Å². The Morgan fingerprint density at radius 2 is 0.357 bits per heavy atom. The van der Waals surface area contributed by atoms with Crippen LogP contribution in [0.25, 0.3) is 0 Å². The summed E-state index contributed by atoms with van der Waals surface area (Å²) in [6, 6.07) is 9.85. The summed E-state index contributed by atoms with van der Waals surface area (Å²) in [5, 5.41) is 0. The largest absolute Gasteiger partial charge is 0.0693 e. The van der Waals surface area contributed by atoms with Gasteiger partial charge in [-0.2, -0.15) is 0 Å². The molecule has 0 amide bonds. The van der Waals surface area contributed by atoms with Gasteiger partial charge in [0.2, 0.25) is 0 Å². The van der Waals surface area contributed by atoms with Crippen LogP contribution in [0.2, 0.25) is 75.5 Å². The Kier molecular flexibility index (Phi) is 42.0. The highest BCUT2D eigenvalue weighted by Gasteiger charge is 2.34. The predicted octanol–water partition coefficient (Wildman–Crippen LogP) is 21.0. The minimum Gasteiger partial charge on any atom is -0.0693 e. The topological polar surface area (TPSA) is 0 Å². The highest BCUT2D eigenvalue weighted by molar-refractivity contribution is 6.78. The standard InChI is InChI=1S/C15H30Si.2C13H26Si.6C2H6/c1-16(2,13-15-10-6-7-11-15)12-14-8-4-3-5-9-14;1-14(2,11-13-8-5-9-13)10-12-6-3-4-7-12;1-14(2,11-13-8-9-13)10-12-6-4-3-5-7-12;6*1-2/h14-15H,3-13H2,1-2H3;2*12-13H,3-11H2,1-2H3;6*1-2H3. The van der Waals surface area contributed by atoms with Crippen LogP contribution in [0.4, 0.5) is 0 Å². The maximum Gasteiger partial charge on any atom is 0.0479 e. The van der Waals surface area contributed by atoms with E-state index < -0.39 is 24.2 Å². The van der Waals surface area contributed by atoms with Gasteiger partial charge in [-0.15, -0.1) is 0 Å². The van der Waals surface area contributed by atoms with E-state index in [1.807, 2.05) is 83.1 Å². The lowest BCUT2D eigenvalue weighted by molar-refractivity contribution is 0.341. The van der Waals surface area contributed by atoms with Crippen LogP contribution < -0.4 is 0 Å². The maximum atomic E-state index is 2.67. The minimum absolute atomic E-state index is 0.791. The van der Waals surface area contributed by atoms with Gasteiger partial charge in [0.15, 0.2) is 0 Å². The molecule has 0 heterocycles. The van der Waals surface area contributed by atoms with Crippen molar-refractivity contribution in [3.8, 4) is 0 Å². The fourth-order valence-electron chi connectivity index (χ4n) is 11.2. The molecule has 3 heteroatoms. The van der Waals surface area contributed by atoms with Gasteiger partial charge in [0.1, 0.15) is 0 Å². The van der Waals surface area contributed by atoms with E-state index in [1.165, 1.54) is 76.5 Å². The SMILES string of the molecule is CC.CC.CC.CC.CC.CC.C[Si](C)(CC1CCCC1)CC1CCC1.C[Si](C)(CC1CCCCC1)CC1CC1.C[Si](C)(CC1CCCCC1)CC1CCCC1. The molecule has 6 rings (SSSR count). The van der Waals surface area contributed by atoms with Gasteiger partial charge in [0.25, 0.3) is 0 Å². The molecule has 0 aromatic heterocycles. The molecule has 342 valence electrons. The fourth-order valence-corrected chi connectivity index (χ4v) is 23.5. The lowest BCUT2D eigenvalue weighted by atomic mass is 9.87. The first kappa shape index (κ1) is 61.0. The van der Waals surface area contributed by atoms with Gasteiger partial charge in [-0.3, -0.25) is 0 Å². The molecule has 0 saturated heterocycles. The Bertz CT molecular complexity index is 756. The predicted molar refractivity (Wildman–Crippen MR) is 277 cm³/mol. The lowest BCUT2D eigenvalue weighted by Gasteiger charge is -2.34. The Morgan fingerprint density at radius 1 is 0.214 bits per heavy atom. The van der Waals surface area contributed by atoms with Crippen LogP contribution in [0, 0.1) is 35.5 Å². The third kappa shape index (κ3) is 32.4. The van der Waals surface area contributed by atoms with E-state index in [1.54, 1.807) is 113 Å². The van der Waals surface area contributed by atoms with Crippen LogP contribution in [0.3, 0.4) is 0 Å². The monoisotopic (exact) mass is 839 g/mol. The molecule has 6 aliphatic carbocycles. The Balaban J connectivity index is -0.000000663. The zero-order chi connectivity index (χ0) is 43.5. The molecule has 6 saturated carbocycles. The smallest absolute Gasteiger partial charge is 0.0479 e. The van der Waals surface area contributed by atoms with Gasteiger partial charge < -0.3 is 0 Å². The molecule has 6 fully saturated rings. The summed E-state index contributed by atoms with van der Waals surface area (Å²) >= 11 is 0. The zero-order valence-corrected chi connectivity index (χ0v) is 46.5. The highest BCUT2D eigenvalue weighted by atomic mass is 28.3. The number of rotatable bonds is 12. The molecule has 0 unspecified atom stereocenters. The molecule has 0 aromatic carbocycles. The van der Waals surface area contributed by atoms with Gasteiger partial charge in [-0.1, -0.05) is 306 Å². The zero-order valence-electron chi connectivity index (χ0n) is 43.5. The normalized spacial score (nSPS) is 20.5. The second-order valence-corrected chi connectivity index (χ2v) is 35.7. The Morgan fingerprint density at radius 3 is 0.500 bits per heavy atom.